The van der Waals surface area contributed by atoms with Crippen molar-refractivity contribution in [1.29, 1.82) is 0 Å². The van der Waals surface area contributed by atoms with Gasteiger partial charge < -0.3 is 10.6 Å². The molecule has 0 saturated heterocycles. The third kappa shape index (κ3) is 2.74. The zero-order valence-corrected chi connectivity index (χ0v) is 9.33. The molecule has 0 spiro atoms. The molecule has 2 N–H and O–H groups in total. The summed E-state index contributed by atoms with van der Waals surface area (Å²) < 4.78 is 0. The first-order valence-electron chi connectivity index (χ1n) is 5.19. The number of benzene rings is 1. The van der Waals surface area contributed by atoms with E-state index in [1.54, 1.807) is 0 Å². The topological polar surface area (TPSA) is 29.3 Å². The summed E-state index contributed by atoms with van der Waals surface area (Å²) in [7, 11) is 2.11. The van der Waals surface area contributed by atoms with Crippen LogP contribution in [0.2, 0.25) is 0 Å². The quantitative estimate of drug-likeness (QED) is 0.791. The maximum atomic E-state index is 5.82. The van der Waals surface area contributed by atoms with Gasteiger partial charge in [-0.2, -0.15) is 0 Å². The van der Waals surface area contributed by atoms with Gasteiger partial charge in [0.2, 0.25) is 0 Å². The lowest BCUT2D eigenvalue weighted by Crippen LogP contribution is -2.22. The van der Waals surface area contributed by atoms with Crippen LogP contribution in [0.15, 0.2) is 24.3 Å². The molecule has 2 heteroatoms. The molecule has 14 heavy (non-hydrogen) atoms. The monoisotopic (exact) mass is 192 g/mol. The van der Waals surface area contributed by atoms with Crippen LogP contribution >= 0.6 is 0 Å². The second kappa shape index (κ2) is 5.01. The first kappa shape index (κ1) is 11.1. The molecule has 1 rings (SSSR count). The molecule has 0 aromatic heterocycles. The Morgan fingerprint density at radius 1 is 1.36 bits per heavy atom. The normalized spacial score (nSPS) is 12.6. The van der Waals surface area contributed by atoms with Gasteiger partial charge >= 0.3 is 0 Å². The summed E-state index contributed by atoms with van der Waals surface area (Å²) >= 11 is 0. The van der Waals surface area contributed by atoms with Crippen molar-refractivity contribution >= 4 is 5.69 Å². The molecule has 0 radical (unpaired) electrons. The van der Waals surface area contributed by atoms with Crippen LogP contribution in [-0.4, -0.2) is 19.6 Å². The summed E-state index contributed by atoms with van der Waals surface area (Å²) in [5.41, 5.74) is 8.45. The van der Waals surface area contributed by atoms with Crippen molar-refractivity contribution in [2.24, 2.45) is 5.73 Å². The maximum absolute atomic E-state index is 5.82. The SMILES string of the molecule is CCN(C)c1ccccc1CC(C)N. The van der Waals surface area contributed by atoms with Gasteiger partial charge in [0.1, 0.15) is 0 Å². The van der Waals surface area contributed by atoms with Gasteiger partial charge in [0.15, 0.2) is 0 Å². The lowest BCUT2D eigenvalue weighted by molar-refractivity contribution is 0.735. The minimum atomic E-state index is 0.224. The number of rotatable bonds is 4. The van der Waals surface area contributed by atoms with E-state index in [4.69, 9.17) is 5.73 Å². The van der Waals surface area contributed by atoms with E-state index in [1.165, 1.54) is 11.3 Å². The molecule has 1 aromatic carbocycles. The number of hydrogen-bond donors (Lipinski definition) is 1. The number of nitrogens with zero attached hydrogens (tertiary/aromatic N) is 1. The van der Waals surface area contributed by atoms with Crippen molar-refractivity contribution in [2.75, 3.05) is 18.5 Å². The second-order valence-electron chi connectivity index (χ2n) is 3.82. The van der Waals surface area contributed by atoms with Gasteiger partial charge in [0.25, 0.3) is 0 Å². The predicted molar refractivity (Wildman–Crippen MR) is 62.7 cm³/mol. The van der Waals surface area contributed by atoms with E-state index in [9.17, 15) is 0 Å². The van der Waals surface area contributed by atoms with Gasteiger partial charge in [-0.25, -0.2) is 0 Å². The van der Waals surface area contributed by atoms with Crippen LogP contribution in [0, 0.1) is 0 Å². The zero-order valence-electron chi connectivity index (χ0n) is 9.33. The molecular formula is C12H20N2. The molecule has 0 aliphatic heterocycles. The van der Waals surface area contributed by atoms with E-state index in [0.717, 1.165) is 13.0 Å². The fourth-order valence-electron chi connectivity index (χ4n) is 1.57. The lowest BCUT2D eigenvalue weighted by atomic mass is 10.1. The Labute approximate surface area is 86.7 Å². The van der Waals surface area contributed by atoms with E-state index in [2.05, 4.69) is 43.1 Å². The van der Waals surface area contributed by atoms with Crippen molar-refractivity contribution < 1.29 is 0 Å². The average molecular weight is 192 g/mol. The summed E-state index contributed by atoms with van der Waals surface area (Å²) in [5.74, 6) is 0. The summed E-state index contributed by atoms with van der Waals surface area (Å²) in [6, 6.07) is 8.68. The van der Waals surface area contributed by atoms with Crippen LogP contribution in [0.1, 0.15) is 19.4 Å². The van der Waals surface area contributed by atoms with Gasteiger partial charge in [-0.05, 0) is 31.9 Å². The molecule has 78 valence electrons. The highest BCUT2D eigenvalue weighted by atomic mass is 15.1. The molecule has 2 nitrogen and oxygen atoms in total. The standard InChI is InChI=1S/C12H20N2/c1-4-14(3)12-8-6-5-7-11(12)9-10(2)13/h5-8,10H,4,9,13H2,1-3H3. The molecule has 1 unspecified atom stereocenters. The van der Waals surface area contributed by atoms with Crippen molar-refractivity contribution in [3.05, 3.63) is 29.8 Å². The van der Waals surface area contributed by atoms with Crippen molar-refractivity contribution in [1.82, 2.24) is 0 Å². The van der Waals surface area contributed by atoms with E-state index >= 15 is 0 Å². The van der Waals surface area contributed by atoms with Gasteiger partial charge in [-0.3, -0.25) is 0 Å². The molecule has 0 amide bonds. The van der Waals surface area contributed by atoms with Crippen LogP contribution in [0.5, 0.6) is 0 Å². The second-order valence-corrected chi connectivity index (χ2v) is 3.82. The molecule has 0 saturated carbocycles. The molecular weight excluding hydrogens is 172 g/mol. The average Bonchev–Trinajstić information content (AvgIpc) is 2.16. The number of anilines is 1. The van der Waals surface area contributed by atoms with Crippen molar-refractivity contribution in [2.45, 2.75) is 26.3 Å². The molecule has 1 atom stereocenters. The van der Waals surface area contributed by atoms with E-state index < -0.39 is 0 Å². The van der Waals surface area contributed by atoms with Gasteiger partial charge in [-0.15, -0.1) is 0 Å². The predicted octanol–water partition coefficient (Wildman–Crippen LogP) is 2.03. The molecule has 0 bridgehead atoms. The van der Waals surface area contributed by atoms with Gasteiger partial charge in [0.05, 0.1) is 0 Å². The Morgan fingerprint density at radius 2 is 2.00 bits per heavy atom. The van der Waals surface area contributed by atoms with E-state index in [1.807, 2.05) is 6.92 Å². The van der Waals surface area contributed by atoms with Crippen molar-refractivity contribution in [3.8, 4) is 0 Å². The number of para-hydroxylation sites is 1. The van der Waals surface area contributed by atoms with Crippen LogP contribution in [0.25, 0.3) is 0 Å². The summed E-state index contributed by atoms with van der Waals surface area (Å²) in [6.45, 7) is 5.22. The molecule has 0 fully saturated rings. The smallest absolute Gasteiger partial charge is 0.0396 e. The Balaban J connectivity index is 2.91. The fourth-order valence-corrected chi connectivity index (χ4v) is 1.57. The molecule has 0 aliphatic rings. The maximum Gasteiger partial charge on any atom is 0.0396 e. The summed E-state index contributed by atoms with van der Waals surface area (Å²) in [4.78, 5) is 2.25. The Hall–Kier alpha value is -1.02. The Bertz CT molecular complexity index is 281. The Morgan fingerprint density at radius 3 is 2.57 bits per heavy atom. The molecule has 1 aromatic rings. The van der Waals surface area contributed by atoms with Gasteiger partial charge in [-0.1, -0.05) is 18.2 Å². The van der Waals surface area contributed by atoms with E-state index in [-0.39, 0.29) is 6.04 Å². The van der Waals surface area contributed by atoms with Gasteiger partial charge in [0, 0.05) is 25.3 Å². The molecule has 0 heterocycles. The third-order valence-corrected chi connectivity index (χ3v) is 2.42. The first-order chi connectivity index (χ1) is 6.65. The van der Waals surface area contributed by atoms with Crippen LogP contribution in [0.3, 0.4) is 0 Å². The first-order valence-corrected chi connectivity index (χ1v) is 5.19. The highest BCUT2D eigenvalue weighted by molar-refractivity contribution is 5.53. The fraction of sp³-hybridized carbons (Fsp3) is 0.500. The lowest BCUT2D eigenvalue weighted by Gasteiger charge is -2.21. The third-order valence-electron chi connectivity index (χ3n) is 2.42. The minimum absolute atomic E-state index is 0.224. The highest BCUT2D eigenvalue weighted by Crippen LogP contribution is 2.19. The number of hydrogen-bond acceptors (Lipinski definition) is 2. The highest BCUT2D eigenvalue weighted by Gasteiger charge is 2.06. The zero-order chi connectivity index (χ0) is 10.6. The minimum Gasteiger partial charge on any atom is -0.375 e. The largest absolute Gasteiger partial charge is 0.375 e. The van der Waals surface area contributed by atoms with Crippen molar-refractivity contribution in [3.63, 3.8) is 0 Å². The summed E-state index contributed by atoms with van der Waals surface area (Å²) in [6.07, 6.45) is 0.945. The van der Waals surface area contributed by atoms with Crippen LogP contribution in [-0.2, 0) is 6.42 Å². The summed E-state index contributed by atoms with van der Waals surface area (Å²) in [5, 5.41) is 0. The molecule has 0 aliphatic carbocycles. The van der Waals surface area contributed by atoms with E-state index in [0.29, 0.717) is 0 Å². The number of nitrogens with two attached hydrogens (primary N) is 1. The Kier molecular flexibility index (Phi) is 3.96. The van der Waals surface area contributed by atoms with Crippen LogP contribution < -0.4 is 10.6 Å². The van der Waals surface area contributed by atoms with Crippen LogP contribution in [0.4, 0.5) is 5.69 Å².